The highest BCUT2D eigenvalue weighted by molar-refractivity contribution is 7.12. The standard InChI is InChI=1S/C16H11ClN2O3S/c17-10-3-5-11(6-4-10)19-14(20)9-16(15(19)21)8-12(18-22-16)13-2-1-7-23-13/h1-7H,8-9H2/t16-/m1/s1. The summed E-state index contributed by atoms with van der Waals surface area (Å²) < 4.78 is 0. The first-order chi connectivity index (χ1) is 11.1. The number of hydrogen-bond donors (Lipinski definition) is 0. The fraction of sp³-hybridized carbons (Fsp3) is 0.188. The number of hydrogen-bond acceptors (Lipinski definition) is 5. The molecule has 0 saturated carbocycles. The summed E-state index contributed by atoms with van der Waals surface area (Å²) in [5.41, 5.74) is -0.00989. The number of benzene rings is 1. The zero-order chi connectivity index (χ0) is 16.0. The number of halogens is 1. The van der Waals surface area contributed by atoms with Gasteiger partial charge in [-0.15, -0.1) is 11.3 Å². The number of imide groups is 1. The van der Waals surface area contributed by atoms with Crippen molar-refractivity contribution in [3.05, 3.63) is 51.7 Å². The van der Waals surface area contributed by atoms with Crippen LogP contribution in [0.4, 0.5) is 5.69 Å². The van der Waals surface area contributed by atoms with Crippen molar-refractivity contribution in [3.8, 4) is 0 Å². The summed E-state index contributed by atoms with van der Waals surface area (Å²) in [6.07, 6.45) is 0.301. The van der Waals surface area contributed by atoms with Crippen molar-refractivity contribution in [1.29, 1.82) is 0 Å². The van der Waals surface area contributed by atoms with Gasteiger partial charge in [0.15, 0.2) is 0 Å². The van der Waals surface area contributed by atoms with Crippen molar-refractivity contribution in [2.24, 2.45) is 5.16 Å². The molecular formula is C16H11ClN2O3S. The predicted molar refractivity (Wildman–Crippen MR) is 87.9 cm³/mol. The Bertz CT molecular complexity index is 816. The van der Waals surface area contributed by atoms with E-state index in [0.29, 0.717) is 22.8 Å². The first-order valence-electron chi connectivity index (χ1n) is 7.01. The van der Waals surface area contributed by atoms with Crippen molar-refractivity contribution in [2.45, 2.75) is 18.4 Å². The van der Waals surface area contributed by atoms with Crippen molar-refractivity contribution in [2.75, 3.05) is 4.90 Å². The molecule has 2 aromatic rings. The number of oxime groups is 1. The molecule has 0 bridgehead atoms. The van der Waals surface area contributed by atoms with Crippen molar-refractivity contribution in [1.82, 2.24) is 0 Å². The van der Waals surface area contributed by atoms with E-state index in [4.69, 9.17) is 16.4 Å². The average molecular weight is 347 g/mol. The maximum Gasteiger partial charge on any atom is 0.281 e. The Balaban J connectivity index is 1.62. The van der Waals surface area contributed by atoms with Crippen LogP contribution in [0, 0.1) is 0 Å². The number of amides is 2. The number of nitrogens with zero attached hydrogens (tertiary/aromatic N) is 2. The lowest BCUT2D eigenvalue weighted by Crippen LogP contribution is -2.40. The summed E-state index contributed by atoms with van der Waals surface area (Å²) in [6, 6.07) is 10.4. The van der Waals surface area contributed by atoms with Crippen LogP contribution in [0.3, 0.4) is 0 Å². The van der Waals surface area contributed by atoms with Crippen LogP contribution in [0.5, 0.6) is 0 Å². The third kappa shape index (κ3) is 2.26. The van der Waals surface area contributed by atoms with E-state index in [1.54, 1.807) is 24.3 Å². The molecule has 2 aliphatic rings. The summed E-state index contributed by atoms with van der Waals surface area (Å²) in [5, 5.41) is 6.53. The Morgan fingerprint density at radius 1 is 1.17 bits per heavy atom. The normalized spacial score (nSPS) is 23.5. The van der Waals surface area contributed by atoms with Crippen LogP contribution in [0.25, 0.3) is 0 Å². The minimum atomic E-state index is -1.21. The molecular weight excluding hydrogens is 336 g/mol. The Kier molecular flexibility index (Phi) is 3.25. The average Bonchev–Trinajstić information content (AvgIpc) is 3.23. The molecule has 1 saturated heterocycles. The van der Waals surface area contributed by atoms with Gasteiger partial charge in [0, 0.05) is 11.4 Å². The van der Waals surface area contributed by atoms with Crippen molar-refractivity contribution >= 4 is 46.2 Å². The van der Waals surface area contributed by atoms with E-state index in [2.05, 4.69) is 5.16 Å². The maximum atomic E-state index is 12.8. The highest BCUT2D eigenvalue weighted by Gasteiger charge is 2.58. The van der Waals surface area contributed by atoms with E-state index in [9.17, 15) is 9.59 Å². The Morgan fingerprint density at radius 3 is 2.65 bits per heavy atom. The molecule has 23 heavy (non-hydrogen) atoms. The summed E-state index contributed by atoms with van der Waals surface area (Å²) in [6.45, 7) is 0. The molecule has 5 nitrogen and oxygen atoms in total. The van der Waals surface area contributed by atoms with Gasteiger partial charge in [-0.1, -0.05) is 22.8 Å². The molecule has 1 aromatic carbocycles. The lowest BCUT2D eigenvalue weighted by molar-refractivity contribution is -0.136. The molecule has 2 amide bonds. The van der Waals surface area contributed by atoms with Gasteiger partial charge in [0.05, 0.1) is 17.0 Å². The zero-order valence-electron chi connectivity index (χ0n) is 11.9. The van der Waals surface area contributed by atoms with Gasteiger partial charge >= 0.3 is 0 Å². The fourth-order valence-corrected chi connectivity index (χ4v) is 3.66. The Hall–Kier alpha value is -2.18. The molecule has 1 atom stereocenters. The summed E-state index contributed by atoms with van der Waals surface area (Å²) >= 11 is 7.39. The van der Waals surface area contributed by atoms with E-state index >= 15 is 0 Å². The zero-order valence-corrected chi connectivity index (χ0v) is 13.4. The van der Waals surface area contributed by atoms with Gasteiger partial charge in [-0.2, -0.15) is 0 Å². The van der Waals surface area contributed by atoms with E-state index < -0.39 is 5.60 Å². The molecule has 0 radical (unpaired) electrons. The molecule has 1 spiro atoms. The van der Waals surface area contributed by atoms with E-state index in [1.165, 1.54) is 11.3 Å². The third-order valence-corrected chi connectivity index (χ3v) is 5.12. The number of anilines is 1. The van der Waals surface area contributed by atoms with Gasteiger partial charge in [-0.25, -0.2) is 4.90 Å². The van der Waals surface area contributed by atoms with Crippen molar-refractivity contribution < 1.29 is 14.4 Å². The van der Waals surface area contributed by atoms with E-state index in [0.717, 1.165) is 9.78 Å². The second-order valence-electron chi connectivity index (χ2n) is 5.47. The van der Waals surface area contributed by atoms with Gasteiger partial charge < -0.3 is 4.84 Å². The number of carbonyl (C=O) groups is 2. The third-order valence-electron chi connectivity index (χ3n) is 3.95. The van der Waals surface area contributed by atoms with E-state index in [1.807, 2.05) is 17.5 Å². The molecule has 0 aliphatic carbocycles. The first-order valence-corrected chi connectivity index (χ1v) is 8.27. The summed E-state index contributed by atoms with van der Waals surface area (Å²) in [4.78, 5) is 32.7. The fourth-order valence-electron chi connectivity index (χ4n) is 2.83. The molecule has 2 aliphatic heterocycles. The van der Waals surface area contributed by atoms with Crippen LogP contribution in [-0.4, -0.2) is 23.1 Å². The van der Waals surface area contributed by atoms with Crippen LogP contribution in [0.15, 0.2) is 46.9 Å². The molecule has 4 rings (SSSR count). The van der Waals surface area contributed by atoms with Crippen LogP contribution < -0.4 is 4.90 Å². The van der Waals surface area contributed by atoms with Gasteiger partial charge in [-0.3, -0.25) is 9.59 Å². The largest absolute Gasteiger partial charge is 0.378 e. The second kappa shape index (κ2) is 5.18. The first kappa shape index (κ1) is 14.4. The van der Waals surface area contributed by atoms with Crippen LogP contribution in [0.1, 0.15) is 17.7 Å². The quantitative estimate of drug-likeness (QED) is 0.784. The molecule has 7 heteroatoms. The highest BCUT2D eigenvalue weighted by Crippen LogP contribution is 2.39. The van der Waals surface area contributed by atoms with Crippen LogP contribution in [-0.2, 0) is 14.4 Å². The molecule has 1 fully saturated rings. The van der Waals surface area contributed by atoms with Crippen LogP contribution >= 0.6 is 22.9 Å². The number of thiophene rings is 1. The highest BCUT2D eigenvalue weighted by atomic mass is 35.5. The Labute approximate surface area is 141 Å². The molecule has 0 unspecified atom stereocenters. The monoisotopic (exact) mass is 346 g/mol. The minimum Gasteiger partial charge on any atom is -0.378 e. The Morgan fingerprint density at radius 2 is 1.96 bits per heavy atom. The summed E-state index contributed by atoms with van der Waals surface area (Å²) in [5.74, 6) is -0.667. The summed E-state index contributed by atoms with van der Waals surface area (Å²) in [7, 11) is 0. The van der Waals surface area contributed by atoms with E-state index in [-0.39, 0.29) is 18.2 Å². The number of carbonyl (C=O) groups excluding carboxylic acids is 2. The second-order valence-corrected chi connectivity index (χ2v) is 6.85. The van der Waals surface area contributed by atoms with Gasteiger partial charge in [-0.05, 0) is 35.7 Å². The molecule has 116 valence electrons. The topological polar surface area (TPSA) is 59.0 Å². The van der Waals surface area contributed by atoms with Gasteiger partial charge in [0.2, 0.25) is 11.5 Å². The lowest BCUT2D eigenvalue weighted by atomic mass is 9.95. The van der Waals surface area contributed by atoms with Gasteiger partial charge in [0.25, 0.3) is 5.91 Å². The molecule has 0 N–H and O–H groups in total. The number of rotatable bonds is 2. The van der Waals surface area contributed by atoms with Crippen molar-refractivity contribution in [3.63, 3.8) is 0 Å². The molecule has 3 heterocycles. The predicted octanol–water partition coefficient (Wildman–Crippen LogP) is 3.23. The maximum absolute atomic E-state index is 12.8. The minimum absolute atomic E-state index is 0.00711. The smallest absolute Gasteiger partial charge is 0.281 e. The molecule has 1 aromatic heterocycles. The SMILES string of the molecule is O=C1C[C@]2(CC(c3cccs3)=NO2)C(=O)N1c1ccc(Cl)cc1. The van der Waals surface area contributed by atoms with Crippen LogP contribution in [0.2, 0.25) is 5.02 Å². The van der Waals surface area contributed by atoms with Gasteiger partial charge in [0.1, 0.15) is 5.71 Å². The lowest BCUT2D eigenvalue weighted by Gasteiger charge is -2.19.